The summed E-state index contributed by atoms with van der Waals surface area (Å²) in [4.78, 5) is 8.68. The third-order valence-electron chi connectivity index (χ3n) is 3.76. The fourth-order valence-corrected chi connectivity index (χ4v) is 2.83. The molecule has 112 valence electrons. The largest absolute Gasteiger partial charge is 0.370 e. The van der Waals surface area contributed by atoms with Crippen molar-refractivity contribution in [2.75, 3.05) is 11.9 Å². The zero-order valence-electron chi connectivity index (χ0n) is 12.3. The Morgan fingerprint density at radius 1 is 1.45 bits per heavy atom. The normalized spacial score (nSPS) is 17.2. The van der Waals surface area contributed by atoms with E-state index in [0.717, 1.165) is 18.3 Å². The molecule has 0 unspecified atom stereocenters. The summed E-state index contributed by atoms with van der Waals surface area (Å²) in [6.07, 6.45) is 6.88. The number of guanidine groups is 1. The minimum atomic E-state index is 0. The molecule has 0 aliphatic heterocycles. The summed E-state index contributed by atoms with van der Waals surface area (Å²) >= 11 is 0. The van der Waals surface area contributed by atoms with Gasteiger partial charge in [0.2, 0.25) is 0 Å². The third-order valence-corrected chi connectivity index (χ3v) is 3.76. The molecule has 2 rings (SSSR count). The lowest BCUT2D eigenvalue weighted by atomic mass is 9.64. The Kier molecular flexibility index (Phi) is 6.71. The first kappa shape index (κ1) is 17.2. The second-order valence-electron chi connectivity index (χ2n) is 5.99. The van der Waals surface area contributed by atoms with Crippen molar-refractivity contribution in [2.45, 2.75) is 39.5 Å². The molecule has 5 heteroatoms. The monoisotopic (exact) mass is 388 g/mol. The molecule has 0 atom stereocenters. The standard InChI is InChI=1S/C15H24N4.HI/c1-12(2)10-15(7-5-8-15)11-18-14(16)19-13-6-3-4-9-17-13;/h3-4,6,9,12H,5,7-8,10-11H2,1-2H3,(H3,16,17,18,19);1H. The Morgan fingerprint density at radius 3 is 2.70 bits per heavy atom. The fourth-order valence-electron chi connectivity index (χ4n) is 2.83. The summed E-state index contributed by atoms with van der Waals surface area (Å²) in [5.74, 6) is 1.93. The first-order valence-corrected chi connectivity index (χ1v) is 7.08. The van der Waals surface area contributed by atoms with E-state index >= 15 is 0 Å². The van der Waals surface area contributed by atoms with E-state index in [1.807, 2.05) is 18.2 Å². The second kappa shape index (κ2) is 7.81. The van der Waals surface area contributed by atoms with Crippen LogP contribution in [0.2, 0.25) is 0 Å². The van der Waals surface area contributed by atoms with Crippen LogP contribution in [0.25, 0.3) is 0 Å². The van der Waals surface area contributed by atoms with Gasteiger partial charge in [0, 0.05) is 12.7 Å². The van der Waals surface area contributed by atoms with E-state index in [1.54, 1.807) is 6.20 Å². The molecule has 0 bridgehead atoms. The Morgan fingerprint density at radius 2 is 2.20 bits per heavy atom. The number of hydrogen-bond donors (Lipinski definition) is 2. The van der Waals surface area contributed by atoms with Crippen molar-refractivity contribution >= 4 is 35.8 Å². The van der Waals surface area contributed by atoms with Gasteiger partial charge in [0.15, 0.2) is 5.96 Å². The number of nitrogens with one attached hydrogen (secondary N) is 1. The first-order chi connectivity index (χ1) is 9.10. The lowest BCUT2D eigenvalue weighted by Gasteiger charge is -2.42. The molecule has 0 aromatic carbocycles. The van der Waals surface area contributed by atoms with Crippen molar-refractivity contribution in [3.05, 3.63) is 24.4 Å². The quantitative estimate of drug-likeness (QED) is 0.460. The SMILES string of the molecule is CC(C)CC1(CN=C(N)Nc2ccccn2)CCC1.I. The van der Waals surface area contributed by atoms with Crippen LogP contribution in [0, 0.1) is 11.3 Å². The molecule has 1 aliphatic rings. The molecule has 1 aromatic rings. The number of aromatic nitrogens is 1. The van der Waals surface area contributed by atoms with E-state index in [0.29, 0.717) is 11.4 Å². The molecule has 1 fully saturated rings. The number of nitrogens with two attached hydrogens (primary N) is 1. The summed E-state index contributed by atoms with van der Waals surface area (Å²) < 4.78 is 0. The molecular formula is C15H25IN4. The molecule has 3 N–H and O–H groups in total. The van der Waals surface area contributed by atoms with Crippen LogP contribution in [0.4, 0.5) is 5.82 Å². The van der Waals surface area contributed by atoms with Gasteiger partial charge >= 0.3 is 0 Å². The summed E-state index contributed by atoms with van der Waals surface area (Å²) in [6, 6.07) is 5.69. The van der Waals surface area contributed by atoms with Crippen molar-refractivity contribution in [1.82, 2.24) is 4.98 Å². The number of nitrogens with zero attached hydrogens (tertiary/aromatic N) is 2. The highest BCUT2D eigenvalue weighted by atomic mass is 127. The van der Waals surface area contributed by atoms with Crippen LogP contribution in [0.15, 0.2) is 29.4 Å². The molecular weight excluding hydrogens is 363 g/mol. The molecule has 1 aliphatic carbocycles. The van der Waals surface area contributed by atoms with Gasteiger partial charge in [-0.3, -0.25) is 4.99 Å². The van der Waals surface area contributed by atoms with E-state index in [9.17, 15) is 0 Å². The molecule has 0 saturated heterocycles. The Hall–Kier alpha value is -0.850. The Bertz CT molecular complexity index is 427. The molecule has 20 heavy (non-hydrogen) atoms. The lowest BCUT2D eigenvalue weighted by molar-refractivity contribution is 0.112. The van der Waals surface area contributed by atoms with Crippen molar-refractivity contribution in [3.63, 3.8) is 0 Å². The van der Waals surface area contributed by atoms with Crippen LogP contribution in [0.3, 0.4) is 0 Å². The first-order valence-electron chi connectivity index (χ1n) is 7.08. The van der Waals surface area contributed by atoms with Crippen LogP contribution in [-0.2, 0) is 0 Å². The minimum Gasteiger partial charge on any atom is -0.370 e. The summed E-state index contributed by atoms with van der Waals surface area (Å²) in [5.41, 5.74) is 6.31. The van der Waals surface area contributed by atoms with Crippen molar-refractivity contribution in [3.8, 4) is 0 Å². The number of anilines is 1. The highest BCUT2D eigenvalue weighted by Crippen LogP contribution is 2.46. The Balaban J connectivity index is 0.00000200. The maximum absolute atomic E-state index is 5.92. The topological polar surface area (TPSA) is 63.3 Å². The van der Waals surface area contributed by atoms with Crippen molar-refractivity contribution in [1.29, 1.82) is 0 Å². The number of pyridine rings is 1. The van der Waals surface area contributed by atoms with Crippen LogP contribution in [0.5, 0.6) is 0 Å². The molecule has 1 saturated carbocycles. The van der Waals surface area contributed by atoms with Crippen LogP contribution < -0.4 is 11.1 Å². The second-order valence-corrected chi connectivity index (χ2v) is 5.99. The molecule has 4 nitrogen and oxygen atoms in total. The highest BCUT2D eigenvalue weighted by molar-refractivity contribution is 14.0. The van der Waals surface area contributed by atoms with Gasteiger partial charge in [0.05, 0.1) is 0 Å². The minimum absolute atomic E-state index is 0. The van der Waals surface area contributed by atoms with E-state index in [1.165, 1.54) is 25.7 Å². The molecule has 0 radical (unpaired) electrons. The fraction of sp³-hybridized carbons (Fsp3) is 0.600. The van der Waals surface area contributed by atoms with Gasteiger partial charge in [0.1, 0.15) is 5.82 Å². The number of aliphatic imine (C=N–C) groups is 1. The number of rotatable bonds is 5. The average molecular weight is 388 g/mol. The summed E-state index contributed by atoms with van der Waals surface area (Å²) in [6.45, 7) is 5.38. The number of halogens is 1. The maximum Gasteiger partial charge on any atom is 0.194 e. The van der Waals surface area contributed by atoms with Gasteiger partial charge in [-0.25, -0.2) is 4.98 Å². The number of hydrogen-bond acceptors (Lipinski definition) is 2. The molecule has 0 amide bonds. The third kappa shape index (κ3) is 4.92. The zero-order chi connectivity index (χ0) is 13.7. The smallest absolute Gasteiger partial charge is 0.194 e. The zero-order valence-corrected chi connectivity index (χ0v) is 14.6. The van der Waals surface area contributed by atoms with E-state index in [-0.39, 0.29) is 24.0 Å². The van der Waals surface area contributed by atoms with Gasteiger partial charge in [-0.2, -0.15) is 0 Å². The van der Waals surface area contributed by atoms with Gasteiger partial charge in [-0.1, -0.05) is 26.3 Å². The summed E-state index contributed by atoms with van der Waals surface area (Å²) in [7, 11) is 0. The van der Waals surface area contributed by atoms with Gasteiger partial charge in [-0.05, 0) is 42.7 Å². The van der Waals surface area contributed by atoms with Crippen LogP contribution in [-0.4, -0.2) is 17.5 Å². The van der Waals surface area contributed by atoms with Gasteiger partial charge in [-0.15, -0.1) is 24.0 Å². The summed E-state index contributed by atoms with van der Waals surface area (Å²) in [5, 5.41) is 3.03. The molecule has 1 aromatic heterocycles. The van der Waals surface area contributed by atoms with Crippen LogP contribution >= 0.6 is 24.0 Å². The van der Waals surface area contributed by atoms with E-state index in [2.05, 4.69) is 29.1 Å². The van der Waals surface area contributed by atoms with Crippen molar-refractivity contribution < 1.29 is 0 Å². The Labute approximate surface area is 138 Å². The van der Waals surface area contributed by atoms with E-state index < -0.39 is 0 Å². The van der Waals surface area contributed by atoms with Crippen LogP contribution in [0.1, 0.15) is 39.5 Å². The maximum atomic E-state index is 5.92. The molecule has 1 heterocycles. The van der Waals surface area contributed by atoms with Crippen molar-refractivity contribution in [2.24, 2.45) is 22.1 Å². The predicted octanol–water partition coefficient (Wildman–Crippen LogP) is 3.64. The van der Waals surface area contributed by atoms with Gasteiger partial charge < -0.3 is 11.1 Å². The van der Waals surface area contributed by atoms with Gasteiger partial charge in [0.25, 0.3) is 0 Å². The average Bonchev–Trinajstić information content (AvgIpc) is 2.33. The molecule has 0 spiro atoms. The lowest BCUT2D eigenvalue weighted by Crippen LogP contribution is -2.35. The predicted molar refractivity (Wildman–Crippen MR) is 95.5 cm³/mol. The van der Waals surface area contributed by atoms with E-state index in [4.69, 9.17) is 5.73 Å². The highest BCUT2D eigenvalue weighted by Gasteiger charge is 2.37.